The molecule has 0 fully saturated rings. The molecule has 0 radical (unpaired) electrons. The van der Waals surface area contributed by atoms with Crippen LogP contribution in [0.5, 0.6) is 0 Å². The monoisotopic (exact) mass is 424 g/mol. The summed E-state index contributed by atoms with van der Waals surface area (Å²) in [5, 5.41) is 14.7. The van der Waals surface area contributed by atoms with E-state index in [4.69, 9.17) is 0 Å². The maximum Gasteiger partial charge on any atom is 0.323 e. The van der Waals surface area contributed by atoms with Gasteiger partial charge in [0.1, 0.15) is 0 Å². The van der Waals surface area contributed by atoms with E-state index in [1.807, 2.05) is 37.3 Å². The summed E-state index contributed by atoms with van der Waals surface area (Å²) in [6.07, 6.45) is 0.507. The molecule has 0 bridgehead atoms. The van der Waals surface area contributed by atoms with Gasteiger partial charge in [0.05, 0.1) is 22.9 Å². The number of amides is 2. The summed E-state index contributed by atoms with van der Waals surface area (Å²) in [5.41, 5.74) is 3.16. The van der Waals surface area contributed by atoms with Gasteiger partial charge in [0.15, 0.2) is 9.84 Å². The van der Waals surface area contributed by atoms with Gasteiger partial charge in [-0.25, -0.2) is 13.2 Å². The average Bonchev–Trinajstić information content (AvgIpc) is 2.74. The number of urea groups is 1. The number of hydrogen-bond acceptors (Lipinski definition) is 4. The zero-order valence-corrected chi connectivity index (χ0v) is 17.4. The minimum absolute atomic E-state index is 0.0390. The van der Waals surface area contributed by atoms with Crippen molar-refractivity contribution in [3.8, 4) is 11.1 Å². The van der Waals surface area contributed by atoms with Crippen molar-refractivity contribution >= 4 is 27.2 Å². The van der Waals surface area contributed by atoms with Crippen LogP contribution in [0.4, 0.5) is 16.2 Å². The van der Waals surface area contributed by atoms with Crippen molar-refractivity contribution in [2.24, 2.45) is 0 Å². The molecule has 0 heterocycles. The summed E-state index contributed by atoms with van der Waals surface area (Å²) in [6.45, 7) is 1.68. The Morgan fingerprint density at radius 2 is 1.70 bits per heavy atom. The molecule has 3 aromatic carbocycles. The van der Waals surface area contributed by atoms with Crippen LogP contribution in [-0.2, 0) is 16.4 Å². The summed E-state index contributed by atoms with van der Waals surface area (Å²) in [5.74, 6) is 0.0390. The third-order valence-electron chi connectivity index (χ3n) is 4.52. The van der Waals surface area contributed by atoms with Crippen molar-refractivity contribution in [3.63, 3.8) is 0 Å². The lowest BCUT2D eigenvalue weighted by Crippen LogP contribution is -2.20. The fourth-order valence-electron chi connectivity index (χ4n) is 3.11. The van der Waals surface area contributed by atoms with Crippen LogP contribution in [0.15, 0.2) is 77.7 Å². The molecule has 3 aromatic rings. The Morgan fingerprint density at radius 1 is 0.933 bits per heavy atom. The molecular formula is C23H24N2O4S. The first-order valence-electron chi connectivity index (χ1n) is 9.63. The normalized spacial score (nSPS) is 11.1. The van der Waals surface area contributed by atoms with Gasteiger partial charge in [-0.15, -0.1) is 0 Å². The van der Waals surface area contributed by atoms with Gasteiger partial charge >= 0.3 is 6.03 Å². The van der Waals surface area contributed by atoms with E-state index in [2.05, 4.69) is 10.6 Å². The Labute approximate surface area is 176 Å². The molecule has 2 amide bonds. The molecule has 0 spiro atoms. The molecule has 3 N–H and O–H groups in total. The smallest absolute Gasteiger partial charge is 0.323 e. The van der Waals surface area contributed by atoms with Crippen LogP contribution >= 0.6 is 0 Å². The Bertz CT molecular complexity index is 1130. The van der Waals surface area contributed by atoms with Crippen molar-refractivity contribution in [1.29, 1.82) is 0 Å². The lowest BCUT2D eigenvalue weighted by molar-refractivity contribution is 0.262. The number of nitrogens with one attached hydrogen (secondary N) is 2. The van der Waals surface area contributed by atoms with Crippen LogP contribution < -0.4 is 10.6 Å². The van der Waals surface area contributed by atoms with Gasteiger partial charge < -0.3 is 15.7 Å². The first kappa shape index (κ1) is 21.5. The van der Waals surface area contributed by atoms with Gasteiger partial charge in [-0.05, 0) is 41.8 Å². The highest BCUT2D eigenvalue weighted by atomic mass is 32.2. The van der Waals surface area contributed by atoms with Gasteiger partial charge in [0.2, 0.25) is 0 Å². The summed E-state index contributed by atoms with van der Waals surface area (Å²) in [7, 11) is -3.43. The summed E-state index contributed by atoms with van der Waals surface area (Å²) >= 11 is 0. The Kier molecular flexibility index (Phi) is 6.87. The van der Waals surface area contributed by atoms with Crippen LogP contribution in [-0.4, -0.2) is 25.3 Å². The third-order valence-corrected chi connectivity index (χ3v) is 6.44. The van der Waals surface area contributed by atoms with E-state index in [1.54, 1.807) is 36.4 Å². The SMILES string of the molecule is CCCS(=O)(=O)c1ccc(-c2ccccc2)c(NC(=O)Nc2cccc(CO)c2)c1. The van der Waals surface area contributed by atoms with Gasteiger partial charge in [-0.3, -0.25) is 0 Å². The maximum atomic E-state index is 12.6. The second-order valence-corrected chi connectivity index (χ2v) is 8.94. The predicted octanol–water partition coefficient (Wildman–Crippen LogP) is 4.67. The number of carbonyl (C=O) groups excluding carboxylic acids is 1. The zero-order chi connectivity index (χ0) is 21.6. The second-order valence-electron chi connectivity index (χ2n) is 6.83. The molecule has 0 aliphatic carbocycles. The Balaban J connectivity index is 1.94. The summed E-state index contributed by atoms with van der Waals surface area (Å²) < 4.78 is 25.1. The van der Waals surface area contributed by atoms with Crippen molar-refractivity contribution < 1.29 is 18.3 Å². The highest BCUT2D eigenvalue weighted by molar-refractivity contribution is 7.91. The molecule has 0 aromatic heterocycles. The van der Waals surface area contributed by atoms with Crippen molar-refractivity contribution in [3.05, 3.63) is 78.4 Å². The van der Waals surface area contributed by atoms with Crippen molar-refractivity contribution in [1.82, 2.24) is 0 Å². The highest BCUT2D eigenvalue weighted by Gasteiger charge is 2.17. The average molecular weight is 425 g/mol. The highest BCUT2D eigenvalue weighted by Crippen LogP contribution is 2.31. The van der Waals surface area contributed by atoms with E-state index in [0.717, 1.165) is 5.56 Å². The molecule has 30 heavy (non-hydrogen) atoms. The summed E-state index contributed by atoms with van der Waals surface area (Å²) in [4.78, 5) is 12.8. The van der Waals surface area contributed by atoms with Crippen LogP contribution in [0.25, 0.3) is 11.1 Å². The third kappa shape index (κ3) is 5.25. The molecule has 0 aliphatic heterocycles. The molecule has 3 rings (SSSR count). The molecule has 6 nitrogen and oxygen atoms in total. The van der Waals surface area contributed by atoms with E-state index in [-0.39, 0.29) is 17.3 Å². The largest absolute Gasteiger partial charge is 0.392 e. The van der Waals surface area contributed by atoms with Crippen molar-refractivity contribution in [2.75, 3.05) is 16.4 Å². The minimum Gasteiger partial charge on any atom is -0.392 e. The Hall–Kier alpha value is -3.16. The molecular weight excluding hydrogens is 400 g/mol. The number of benzene rings is 3. The molecule has 0 unspecified atom stereocenters. The maximum absolute atomic E-state index is 12.6. The minimum atomic E-state index is -3.43. The Morgan fingerprint density at radius 3 is 2.40 bits per heavy atom. The van der Waals surface area contributed by atoms with Crippen LogP contribution in [0.1, 0.15) is 18.9 Å². The van der Waals surface area contributed by atoms with E-state index >= 15 is 0 Å². The number of aliphatic hydroxyl groups excluding tert-OH is 1. The molecule has 7 heteroatoms. The molecule has 0 saturated carbocycles. The first-order chi connectivity index (χ1) is 14.4. The van der Waals surface area contributed by atoms with Crippen molar-refractivity contribution in [2.45, 2.75) is 24.8 Å². The van der Waals surface area contributed by atoms with E-state index < -0.39 is 15.9 Å². The first-order valence-corrected chi connectivity index (χ1v) is 11.3. The second kappa shape index (κ2) is 9.56. The standard InChI is InChI=1S/C23H24N2O4S/c1-2-13-30(28,29)20-11-12-21(18-8-4-3-5-9-18)22(15-20)25-23(27)24-19-10-6-7-17(14-19)16-26/h3-12,14-15,26H,2,13,16H2,1H3,(H2,24,25,27). The van der Waals surface area contributed by atoms with E-state index in [9.17, 15) is 18.3 Å². The molecule has 0 saturated heterocycles. The molecule has 156 valence electrons. The quantitative estimate of drug-likeness (QED) is 0.513. The number of hydrogen-bond donors (Lipinski definition) is 3. The fraction of sp³-hybridized carbons (Fsp3) is 0.174. The number of sulfone groups is 1. The van der Waals surface area contributed by atoms with Gasteiger partial charge in [0, 0.05) is 11.3 Å². The van der Waals surface area contributed by atoms with Crippen LogP contribution in [0.2, 0.25) is 0 Å². The topological polar surface area (TPSA) is 95.5 Å². The zero-order valence-electron chi connectivity index (χ0n) is 16.6. The van der Waals surface area contributed by atoms with Crippen LogP contribution in [0.3, 0.4) is 0 Å². The van der Waals surface area contributed by atoms with E-state index in [0.29, 0.717) is 28.9 Å². The van der Waals surface area contributed by atoms with Gasteiger partial charge in [0.25, 0.3) is 0 Å². The number of carbonyl (C=O) groups is 1. The van der Waals surface area contributed by atoms with E-state index in [1.165, 1.54) is 6.07 Å². The lowest BCUT2D eigenvalue weighted by Gasteiger charge is -2.15. The summed E-state index contributed by atoms with van der Waals surface area (Å²) in [6, 6.07) is 20.5. The number of rotatable bonds is 7. The molecule has 0 atom stereocenters. The van der Waals surface area contributed by atoms with Gasteiger partial charge in [-0.1, -0.05) is 55.5 Å². The number of anilines is 2. The fourth-order valence-corrected chi connectivity index (χ4v) is 4.45. The van der Waals surface area contributed by atoms with Crippen LogP contribution in [0, 0.1) is 0 Å². The number of aliphatic hydroxyl groups is 1. The van der Waals surface area contributed by atoms with Gasteiger partial charge in [-0.2, -0.15) is 0 Å². The lowest BCUT2D eigenvalue weighted by atomic mass is 10.0. The molecule has 0 aliphatic rings. The predicted molar refractivity (Wildman–Crippen MR) is 119 cm³/mol.